The van der Waals surface area contributed by atoms with Gasteiger partial charge in [0.25, 0.3) is 5.91 Å². The number of halogens is 2. The van der Waals surface area contributed by atoms with E-state index in [1.54, 1.807) is 61.7 Å². The fourth-order valence-electron chi connectivity index (χ4n) is 3.03. The van der Waals surface area contributed by atoms with Crippen molar-refractivity contribution in [1.82, 2.24) is 9.88 Å². The SMILES string of the molecule is CCOc1cc(CN(C)C(=O)c2cccc(OCc3csc(C)n3)c2)ccc1OC(F)F. The van der Waals surface area contributed by atoms with Crippen LogP contribution < -0.4 is 14.2 Å². The normalized spacial score (nSPS) is 10.8. The van der Waals surface area contributed by atoms with Crippen LogP contribution in [0.15, 0.2) is 47.8 Å². The molecule has 0 aliphatic rings. The second-order valence-electron chi connectivity index (χ2n) is 6.93. The van der Waals surface area contributed by atoms with Gasteiger partial charge in [-0.3, -0.25) is 4.79 Å². The Morgan fingerprint density at radius 2 is 1.97 bits per heavy atom. The zero-order valence-corrected chi connectivity index (χ0v) is 18.8. The monoisotopic (exact) mass is 462 g/mol. The van der Waals surface area contributed by atoms with Crippen molar-refractivity contribution in [2.75, 3.05) is 13.7 Å². The molecule has 0 unspecified atom stereocenters. The number of nitrogens with zero attached hydrogens (tertiary/aromatic N) is 2. The quantitative estimate of drug-likeness (QED) is 0.409. The van der Waals surface area contributed by atoms with Crippen LogP contribution in [0.1, 0.15) is 33.5 Å². The van der Waals surface area contributed by atoms with Crippen molar-refractivity contribution in [2.24, 2.45) is 0 Å². The van der Waals surface area contributed by atoms with Gasteiger partial charge in [-0.1, -0.05) is 12.1 Å². The fraction of sp³-hybridized carbons (Fsp3) is 0.304. The van der Waals surface area contributed by atoms with Gasteiger partial charge >= 0.3 is 6.61 Å². The Morgan fingerprint density at radius 3 is 2.66 bits per heavy atom. The second kappa shape index (κ2) is 10.9. The van der Waals surface area contributed by atoms with Crippen LogP contribution in [-0.4, -0.2) is 36.1 Å². The van der Waals surface area contributed by atoms with E-state index in [9.17, 15) is 13.6 Å². The Hall–Kier alpha value is -3.20. The molecular weight excluding hydrogens is 438 g/mol. The summed E-state index contributed by atoms with van der Waals surface area (Å²) in [5.74, 6) is 0.534. The zero-order chi connectivity index (χ0) is 23.1. The second-order valence-corrected chi connectivity index (χ2v) is 7.99. The van der Waals surface area contributed by atoms with E-state index in [2.05, 4.69) is 9.72 Å². The molecular formula is C23H24F2N2O4S. The van der Waals surface area contributed by atoms with Crippen molar-refractivity contribution < 1.29 is 27.8 Å². The summed E-state index contributed by atoms with van der Waals surface area (Å²) in [7, 11) is 1.66. The first kappa shape index (κ1) is 23.5. The van der Waals surface area contributed by atoms with Gasteiger partial charge < -0.3 is 19.1 Å². The molecule has 1 heterocycles. The first-order chi connectivity index (χ1) is 15.4. The maximum atomic E-state index is 12.9. The molecule has 0 N–H and O–H groups in total. The number of thiazole rings is 1. The van der Waals surface area contributed by atoms with Crippen LogP contribution in [0.3, 0.4) is 0 Å². The number of ether oxygens (including phenoxy) is 3. The number of aryl methyl sites for hydroxylation is 1. The molecule has 0 spiro atoms. The van der Waals surface area contributed by atoms with E-state index in [-0.39, 0.29) is 24.0 Å². The van der Waals surface area contributed by atoms with Gasteiger partial charge in [0.05, 0.1) is 17.3 Å². The van der Waals surface area contributed by atoms with Crippen LogP contribution in [0.4, 0.5) is 8.78 Å². The van der Waals surface area contributed by atoms with Crippen LogP contribution >= 0.6 is 11.3 Å². The first-order valence-corrected chi connectivity index (χ1v) is 10.8. The van der Waals surface area contributed by atoms with Crippen molar-refractivity contribution in [3.63, 3.8) is 0 Å². The lowest BCUT2D eigenvalue weighted by Crippen LogP contribution is -2.26. The third kappa shape index (κ3) is 6.40. The van der Waals surface area contributed by atoms with Gasteiger partial charge in [0.15, 0.2) is 11.5 Å². The topological polar surface area (TPSA) is 60.9 Å². The van der Waals surface area contributed by atoms with Gasteiger partial charge in [-0.2, -0.15) is 8.78 Å². The van der Waals surface area contributed by atoms with Crippen molar-refractivity contribution >= 4 is 17.2 Å². The summed E-state index contributed by atoms with van der Waals surface area (Å²) < 4.78 is 40.8. The minimum absolute atomic E-state index is 0.0419. The van der Waals surface area contributed by atoms with E-state index in [1.165, 1.54) is 11.0 Å². The van der Waals surface area contributed by atoms with Crippen LogP contribution in [0.2, 0.25) is 0 Å². The van der Waals surface area contributed by atoms with Gasteiger partial charge in [0, 0.05) is 24.5 Å². The number of amides is 1. The molecule has 170 valence electrons. The molecule has 32 heavy (non-hydrogen) atoms. The third-order valence-corrected chi connectivity index (χ3v) is 5.25. The molecule has 0 fully saturated rings. The van der Waals surface area contributed by atoms with Gasteiger partial charge in [0.1, 0.15) is 12.4 Å². The molecule has 3 rings (SSSR count). The highest BCUT2D eigenvalue weighted by molar-refractivity contribution is 7.09. The Kier molecular flexibility index (Phi) is 7.99. The van der Waals surface area contributed by atoms with Crippen molar-refractivity contribution in [2.45, 2.75) is 33.6 Å². The Labute approximate surface area is 189 Å². The average Bonchev–Trinajstić information content (AvgIpc) is 3.19. The van der Waals surface area contributed by atoms with Crippen LogP contribution in [0.5, 0.6) is 17.2 Å². The van der Waals surface area contributed by atoms with Crippen molar-refractivity contribution in [3.8, 4) is 17.2 Å². The van der Waals surface area contributed by atoms with Crippen molar-refractivity contribution in [3.05, 3.63) is 69.7 Å². The minimum Gasteiger partial charge on any atom is -0.490 e. The molecule has 0 radical (unpaired) electrons. The zero-order valence-electron chi connectivity index (χ0n) is 18.0. The van der Waals surface area contributed by atoms with Gasteiger partial charge in [0.2, 0.25) is 0 Å². The molecule has 0 saturated heterocycles. The molecule has 0 bridgehead atoms. The molecule has 0 aliphatic carbocycles. The highest BCUT2D eigenvalue weighted by Gasteiger charge is 2.16. The van der Waals surface area contributed by atoms with Crippen LogP contribution in [-0.2, 0) is 13.2 Å². The number of alkyl halides is 2. The number of hydrogen-bond donors (Lipinski definition) is 0. The first-order valence-electron chi connectivity index (χ1n) is 9.95. The fourth-order valence-corrected chi connectivity index (χ4v) is 3.63. The van der Waals surface area contributed by atoms with E-state index in [4.69, 9.17) is 9.47 Å². The third-order valence-electron chi connectivity index (χ3n) is 4.42. The van der Waals surface area contributed by atoms with E-state index in [1.807, 2.05) is 12.3 Å². The van der Waals surface area contributed by atoms with E-state index in [0.717, 1.165) is 16.3 Å². The van der Waals surface area contributed by atoms with Crippen LogP contribution in [0.25, 0.3) is 0 Å². The van der Waals surface area contributed by atoms with Crippen LogP contribution in [0, 0.1) is 6.92 Å². The Bertz CT molecular complexity index is 1060. The van der Waals surface area contributed by atoms with E-state index >= 15 is 0 Å². The lowest BCUT2D eigenvalue weighted by Gasteiger charge is -2.19. The number of hydrogen-bond acceptors (Lipinski definition) is 6. The largest absolute Gasteiger partial charge is 0.490 e. The van der Waals surface area contributed by atoms with E-state index < -0.39 is 6.61 Å². The molecule has 1 amide bonds. The number of carbonyl (C=O) groups excluding carboxylic acids is 1. The smallest absolute Gasteiger partial charge is 0.387 e. The summed E-state index contributed by atoms with van der Waals surface area (Å²) in [5, 5.41) is 2.90. The number of rotatable bonds is 10. The minimum atomic E-state index is -2.95. The summed E-state index contributed by atoms with van der Waals surface area (Å²) >= 11 is 1.55. The molecule has 0 saturated carbocycles. The molecule has 0 aliphatic heterocycles. The molecule has 9 heteroatoms. The Balaban J connectivity index is 1.66. The maximum Gasteiger partial charge on any atom is 0.387 e. The summed E-state index contributed by atoms with van der Waals surface area (Å²) in [6.45, 7) is 1.62. The summed E-state index contributed by atoms with van der Waals surface area (Å²) in [4.78, 5) is 18.8. The molecule has 6 nitrogen and oxygen atoms in total. The number of aromatic nitrogens is 1. The molecule has 1 aromatic heterocycles. The maximum absolute atomic E-state index is 12.9. The van der Waals surface area contributed by atoms with Gasteiger partial charge in [-0.25, -0.2) is 4.98 Å². The van der Waals surface area contributed by atoms with E-state index in [0.29, 0.717) is 24.5 Å². The average molecular weight is 463 g/mol. The summed E-state index contributed by atoms with van der Waals surface area (Å²) in [5.41, 5.74) is 2.03. The molecule has 2 aromatic carbocycles. The van der Waals surface area contributed by atoms with Gasteiger partial charge in [-0.15, -0.1) is 11.3 Å². The highest BCUT2D eigenvalue weighted by atomic mass is 32.1. The Morgan fingerprint density at radius 1 is 1.16 bits per heavy atom. The van der Waals surface area contributed by atoms with Crippen molar-refractivity contribution in [1.29, 1.82) is 0 Å². The summed E-state index contributed by atoms with van der Waals surface area (Å²) in [6.07, 6.45) is 0. The van der Waals surface area contributed by atoms with Gasteiger partial charge in [-0.05, 0) is 49.7 Å². The lowest BCUT2D eigenvalue weighted by molar-refractivity contribution is -0.0514. The standard InChI is InChI=1S/C23H24F2N2O4S/c1-4-29-21-10-16(8-9-20(21)31-23(24)25)12-27(3)22(28)17-6-5-7-19(11-17)30-13-18-14-32-15(2)26-18/h5-11,14,23H,4,12-13H2,1-3H3. The number of carbonyl (C=O) groups is 1. The predicted molar refractivity (Wildman–Crippen MR) is 118 cm³/mol. The highest BCUT2D eigenvalue weighted by Crippen LogP contribution is 2.30. The number of benzene rings is 2. The predicted octanol–water partition coefficient (Wildman–Crippen LogP) is 5.30. The molecule has 3 aromatic rings. The molecule has 0 atom stereocenters. The lowest BCUT2D eigenvalue weighted by atomic mass is 10.1. The summed E-state index contributed by atoms with van der Waals surface area (Å²) in [6, 6.07) is 11.6.